The summed E-state index contributed by atoms with van der Waals surface area (Å²) >= 11 is 0. The van der Waals surface area contributed by atoms with Gasteiger partial charge in [0.2, 0.25) is 0 Å². The van der Waals surface area contributed by atoms with Gasteiger partial charge in [-0.05, 0) is 37.3 Å². The Morgan fingerprint density at radius 1 is 1.15 bits per heavy atom. The monoisotopic (exact) mass is 178 g/mol. The van der Waals surface area contributed by atoms with E-state index >= 15 is 0 Å². The molecule has 0 fully saturated rings. The molecule has 2 heteroatoms. The van der Waals surface area contributed by atoms with Crippen molar-refractivity contribution in [3.05, 3.63) is 35.9 Å². The average molecular weight is 178 g/mol. The number of allylic oxidation sites excluding steroid dienone is 1. The zero-order valence-electron chi connectivity index (χ0n) is 8.20. The zero-order valence-corrected chi connectivity index (χ0v) is 8.20. The van der Waals surface area contributed by atoms with Crippen LogP contribution in [0.4, 0.5) is 0 Å². The lowest BCUT2D eigenvalue weighted by Gasteiger charge is -2.06. The first-order valence-corrected chi connectivity index (χ1v) is 4.16. The van der Waals surface area contributed by atoms with Gasteiger partial charge >= 0.3 is 0 Å². The van der Waals surface area contributed by atoms with Gasteiger partial charge in [-0.15, -0.1) is 0 Å². The van der Waals surface area contributed by atoms with Crippen LogP contribution in [0.3, 0.4) is 0 Å². The summed E-state index contributed by atoms with van der Waals surface area (Å²) in [5.74, 6) is 1.73. The van der Waals surface area contributed by atoms with Crippen molar-refractivity contribution < 1.29 is 9.47 Å². The maximum Gasteiger partial charge on any atom is 0.121 e. The minimum absolute atomic E-state index is 0.857. The molecule has 0 unspecified atom stereocenters. The molecule has 0 aromatic heterocycles. The minimum atomic E-state index is 0.857. The molecule has 0 aliphatic heterocycles. The lowest BCUT2D eigenvalue weighted by atomic mass is 10.2. The van der Waals surface area contributed by atoms with Crippen molar-refractivity contribution in [1.29, 1.82) is 0 Å². The Kier molecular flexibility index (Phi) is 3.38. The van der Waals surface area contributed by atoms with Crippen molar-refractivity contribution in [2.45, 2.75) is 6.92 Å². The predicted molar refractivity (Wildman–Crippen MR) is 53.7 cm³/mol. The van der Waals surface area contributed by atoms with E-state index < -0.39 is 0 Å². The van der Waals surface area contributed by atoms with Gasteiger partial charge in [0.25, 0.3) is 0 Å². The van der Waals surface area contributed by atoms with Crippen LogP contribution in [0.25, 0.3) is 5.76 Å². The Balaban J connectivity index is 2.91. The van der Waals surface area contributed by atoms with Crippen molar-refractivity contribution in [2.24, 2.45) is 0 Å². The fourth-order valence-corrected chi connectivity index (χ4v) is 1.16. The van der Waals surface area contributed by atoms with Gasteiger partial charge in [-0.25, -0.2) is 0 Å². The first kappa shape index (κ1) is 9.65. The fourth-order valence-electron chi connectivity index (χ4n) is 1.16. The van der Waals surface area contributed by atoms with E-state index in [0.29, 0.717) is 0 Å². The Labute approximate surface area is 78.8 Å². The van der Waals surface area contributed by atoms with E-state index in [9.17, 15) is 0 Å². The Bertz CT molecular complexity index is 285. The molecule has 0 radical (unpaired) electrons. The summed E-state index contributed by atoms with van der Waals surface area (Å²) in [6, 6.07) is 7.77. The summed E-state index contributed by atoms with van der Waals surface area (Å²) in [5.41, 5.74) is 1.06. The second-order valence-electron chi connectivity index (χ2n) is 2.59. The Morgan fingerprint density at radius 3 is 2.15 bits per heavy atom. The molecule has 0 amide bonds. The quantitative estimate of drug-likeness (QED) is 0.662. The normalized spacial score (nSPS) is 11.2. The second kappa shape index (κ2) is 4.55. The molecular formula is C11H14O2. The molecule has 0 bridgehead atoms. The predicted octanol–water partition coefficient (Wildman–Crippen LogP) is 2.70. The lowest BCUT2D eigenvalue weighted by Crippen LogP contribution is -1.87. The summed E-state index contributed by atoms with van der Waals surface area (Å²) < 4.78 is 10.2. The van der Waals surface area contributed by atoms with Crippen LogP contribution in [0.5, 0.6) is 5.75 Å². The van der Waals surface area contributed by atoms with Crippen molar-refractivity contribution in [3.63, 3.8) is 0 Å². The van der Waals surface area contributed by atoms with Crippen LogP contribution in [0.1, 0.15) is 12.5 Å². The highest BCUT2D eigenvalue weighted by molar-refractivity contribution is 5.59. The smallest absolute Gasteiger partial charge is 0.121 e. The van der Waals surface area contributed by atoms with Gasteiger partial charge < -0.3 is 9.47 Å². The maximum atomic E-state index is 5.18. The van der Waals surface area contributed by atoms with Gasteiger partial charge in [-0.3, -0.25) is 0 Å². The van der Waals surface area contributed by atoms with Crippen LogP contribution in [0, 0.1) is 0 Å². The van der Waals surface area contributed by atoms with E-state index in [4.69, 9.17) is 9.47 Å². The van der Waals surface area contributed by atoms with Crippen LogP contribution in [0.15, 0.2) is 30.3 Å². The van der Waals surface area contributed by atoms with Crippen LogP contribution < -0.4 is 4.74 Å². The molecule has 0 aliphatic rings. The molecule has 0 spiro atoms. The number of hydrogen-bond acceptors (Lipinski definition) is 2. The highest BCUT2D eigenvalue weighted by atomic mass is 16.5. The van der Waals surface area contributed by atoms with Crippen LogP contribution in [0.2, 0.25) is 0 Å². The zero-order chi connectivity index (χ0) is 9.68. The van der Waals surface area contributed by atoms with Crippen LogP contribution in [-0.2, 0) is 4.74 Å². The third-order valence-corrected chi connectivity index (χ3v) is 1.86. The molecule has 0 heterocycles. The number of ether oxygens (including phenoxy) is 2. The van der Waals surface area contributed by atoms with Gasteiger partial charge in [0, 0.05) is 5.56 Å². The number of rotatable bonds is 3. The van der Waals surface area contributed by atoms with E-state index in [1.807, 2.05) is 37.3 Å². The van der Waals surface area contributed by atoms with E-state index in [0.717, 1.165) is 17.1 Å². The highest BCUT2D eigenvalue weighted by Crippen LogP contribution is 2.18. The van der Waals surface area contributed by atoms with E-state index in [2.05, 4.69) is 0 Å². The standard InChI is InChI=1S/C11H14O2/c1-4-11(13-3)9-5-7-10(12-2)8-6-9/h4-8H,1-3H3. The van der Waals surface area contributed by atoms with E-state index in [-0.39, 0.29) is 0 Å². The maximum absolute atomic E-state index is 5.18. The summed E-state index contributed by atoms with van der Waals surface area (Å²) in [6.07, 6.45) is 1.93. The Hall–Kier alpha value is -1.44. The van der Waals surface area contributed by atoms with Crippen molar-refractivity contribution >= 4 is 5.76 Å². The molecular weight excluding hydrogens is 164 g/mol. The molecule has 1 aromatic carbocycles. The topological polar surface area (TPSA) is 18.5 Å². The van der Waals surface area contributed by atoms with Crippen molar-refractivity contribution in [3.8, 4) is 5.75 Å². The van der Waals surface area contributed by atoms with E-state index in [1.165, 1.54) is 0 Å². The summed E-state index contributed by atoms with van der Waals surface area (Å²) in [4.78, 5) is 0. The lowest BCUT2D eigenvalue weighted by molar-refractivity contribution is 0.369. The van der Waals surface area contributed by atoms with Gasteiger partial charge in [0.05, 0.1) is 14.2 Å². The third-order valence-electron chi connectivity index (χ3n) is 1.86. The molecule has 0 saturated carbocycles. The summed E-state index contributed by atoms with van der Waals surface area (Å²) in [7, 11) is 3.32. The number of methoxy groups -OCH3 is 2. The van der Waals surface area contributed by atoms with Crippen molar-refractivity contribution in [2.75, 3.05) is 14.2 Å². The highest BCUT2D eigenvalue weighted by Gasteiger charge is 1.99. The molecule has 0 aliphatic carbocycles. The summed E-state index contributed by atoms with van der Waals surface area (Å²) in [6.45, 7) is 1.95. The molecule has 0 N–H and O–H groups in total. The minimum Gasteiger partial charge on any atom is -0.497 e. The molecule has 2 nitrogen and oxygen atoms in total. The molecule has 13 heavy (non-hydrogen) atoms. The second-order valence-corrected chi connectivity index (χ2v) is 2.59. The van der Waals surface area contributed by atoms with Crippen molar-refractivity contribution in [1.82, 2.24) is 0 Å². The van der Waals surface area contributed by atoms with Crippen LogP contribution in [-0.4, -0.2) is 14.2 Å². The molecule has 1 rings (SSSR count). The Morgan fingerprint density at radius 2 is 1.77 bits per heavy atom. The number of benzene rings is 1. The molecule has 70 valence electrons. The average Bonchev–Trinajstić information content (AvgIpc) is 2.21. The first-order valence-electron chi connectivity index (χ1n) is 4.16. The van der Waals surface area contributed by atoms with E-state index in [1.54, 1.807) is 14.2 Å². The van der Waals surface area contributed by atoms with Crippen LogP contribution >= 0.6 is 0 Å². The third kappa shape index (κ3) is 2.25. The molecule has 0 saturated heterocycles. The first-order chi connectivity index (χ1) is 6.31. The largest absolute Gasteiger partial charge is 0.497 e. The van der Waals surface area contributed by atoms with Gasteiger partial charge in [-0.2, -0.15) is 0 Å². The molecule has 0 atom stereocenters. The van der Waals surface area contributed by atoms with Gasteiger partial charge in [0.15, 0.2) is 0 Å². The fraction of sp³-hybridized carbons (Fsp3) is 0.273. The molecule has 1 aromatic rings. The SMILES string of the molecule is CC=C(OC)c1ccc(OC)cc1. The summed E-state index contributed by atoms with van der Waals surface area (Å²) in [5, 5.41) is 0. The van der Waals surface area contributed by atoms with Gasteiger partial charge in [-0.1, -0.05) is 0 Å². The van der Waals surface area contributed by atoms with Gasteiger partial charge in [0.1, 0.15) is 11.5 Å². The number of hydrogen-bond donors (Lipinski definition) is 0.